The van der Waals surface area contributed by atoms with Crippen LogP contribution in [-0.2, 0) is 0 Å². The number of benzene rings is 1. The SMILES string of the molecule is [N-]=[N+]=Nc1cc(Cl)nc2ccccc12. The lowest BCUT2D eigenvalue weighted by Gasteiger charge is -2.00. The fourth-order valence-electron chi connectivity index (χ4n) is 1.26. The van der Waals surface area contributed by atoms with Crippen molar-refractivity contribution in [3.63, 3.8) is 0 Å². The summed E-state index contributed by atoms with van der Waals surface area (Å²) in [5.74, 6) is 0. The molecule has 0 saturated carbocycles. The number of nitrogens with zero attached hydrogens (tertiary/aromatic N) is 4. The molecule has 0 fully saturated rings. The molecule has 1 aromatic carbocycles. The van der Waals surface area contributed by atoms with Crippen LogP contribution in [0.1, 0.15) is 0 Å². The lowest BCUT2D eigenvalue weighted by Crippen LogP contribution is -1.79. The molecule has 0 spiro atoms. The van der Waals surface area contributed by atoms with E-state index in [1.54, 1.807) is 6.07 Å². The molecular formula is C9H5ClN4. The van der Waals surface area contributed by atoms with Crippen LogP contribution in [0.25, 0.3) is 21.3 Å². The van der Waals surface area contributed by atoms with Crippen molar-refractivity contribution in [2.45, 2.75) is 0 Å². The maximum Gasteiger partial charge on any atom is 0.130 e. The minimum absolute atomic E-state index is 0.325. The zero-order valence-corrected chi connectivity index (χ0v) is 7.81. The van der Waals surface area contributed by atoms with Crippen molar-refractivity contribution in [3.8, 4) is 0 Å². The predicted octanol–water partition coefficient (Wildman–Crippen LogP) is 3.83. The van der Waals surface area contributed by atoms with Crippen molar-refractivity contribution < 1.29 is 0 Å². The Hall–Kier alpha value is -1.77. The maximum absolute atomic E-state index is 8.36. The molecule has 0 atom stereocenters. The molecule has 14 heavy (non-hydrogen) atoms. The van der Waals surface area contributed by atoms with Gasteiger partial charge in [0.2, 0.25) is 0 Å². The molecule has 0 bridgehead atoms. The highest BCUT2D eigenvalue weighted by atomic mass is 35.5. The van der Waals surface area contributed by atoms with Gasteiger partial charge in [-0.15, -0.1) is 0 Å². The number of fused-ring (bicyclic) bond motifs is 1. The van der Waals surface area contributed by atoms with Gasteiger partial charge < -0.3 is 0 Å². The highest BCUT2D eigenvalue weighted by Gasteiger charge is 2.01. The smallest absolute Gasteiger partial charge is 0.130 e. The second-order valence-corrected chi connectivity index (χ2v) is 3.06. The van der Waals surface area contributed by atoms with Gasteiger partial charge in [0.1, 0.15) is 5.15 Å². The number of aromatic nitrogens is 1. The van der Waals surface area contributed by atoms with E-state index in [0.717, 1.165) is 10.9 Å². The fourth-order valence-corrected chi connectivity index (χ4v) is 1.45. The van der Waals surface area contributed by atoms with Crippen LogP contribution in [0, 0.1) is 0 Å². The van der Waals surface area contributed by atoms with E-state index in [1.165, 1.54) is 0 Å². The standard InChI is InChI=1S/C9H5ClN4/c10-9-5-8(13-14-11)6-3-1-2-4-7(6)12-9/h1-5H. The average Bonchev–Trinajstić information content (AvgIpc) is 2.18. The Kier molecular flexibility index (Phi) is 2.23. The normalized spacial score (nSPS) is 9.79. The van der Waals surface area contributed by atoms with Crippen LogP contribution >= 0.6 is 11.6 Å². The summed E-state index contributed by atoms with van der Waals surface area (Å²) in [6, 6.07) is 8.91. The van der Waals surface area contributed by atoms with E-state index < -0.39 is 0 Å². The highest BCUT2D eigenvalue weighted by molar-refractivity contribution is 6.30. The van der Waals surface area contributed by atoms with Crippen LogP contribution < -0.4 is 0 Å². The first kappa shape index (κ1) is 8.81. The highest BCUT2D eigenvalue weighted by Crippen LogP contribution is 2.27. The monoisotopic (exact) mass is 204 g/mol. The third-order valence-electron chi connectivity index (χ3n) is 1.82. The number of pyridine rings is 1. The van der Waals surface area contributed by atoms with Crippen LogP contribution in [0.2, 0.25) is 5.15 Å². The number of halogens is 1. The van der Waals surface area contributed by atoms with Gasteiger partial charge in [0, 0.05) is 16.0 Å². The summed E-state index contributed by atoms with van der Waals surface area (Å²) >= 11 is 5.77. The molecule has 1 heterocycles. The van der Waals surface area contributed by atoms with E-state index in [0.29, 0.717) is 10.8 Å². The average molecular weight is 205 g/mol. The van der Waals surface area contributed by atoms with Gasteiger partial charge in [-0.05, 0) is 17.7 Å². The molecule has 0 N–H and O–H groups in total. The molecule has 0 aliphatic heterocycles. The molecule has 4 nitrogen and oxygen atoms in total. The Morgan fingerprint density at radius 1 is 1.36 bits per heavy atom. The van der Waals surface area contributed by atoms with Crippen LogP contribution in [0.4, 0.5) is 5.69 Å². The molecule has 0 unspecified atom stereocenters. The molecule has 2 rings (SSSR count). The largest absolute Gasteiger partial charge is 0.236 e. The summed E-state index contributed by atoms with van der Waals surface area (Å²) in [4.78, 5) is 6.84. The molecule has 2 aromatic rings. The molecule has 1 aromatic heterocycles. The third-order valence-corrected chi connectivity index (χ3v) is 2.01. The summed E-state index contributed by atoms with van der Waals surface area (Å²) < 4.78 is 0. The maximum atomic E-state index is 8.36. The number of hydrogen-bond acceptors (Lipinski definition) is 2. The van der Waals surface area contributed by atoms with Gasteiger partial charge in [-0.25, -0.2) is 4.98 Å². The minimum Gasteiger partial charge on any atom is -0.236 e. The Bertz CT molecular complexity index is 531. The van der Waals surface area contributed by atoms with Crippen molar-refractivity contribution >= 4 is 28.2 Å². The Balaban J connectivity index is 2.86. The lowest BCUT2D eigenvalue weighted by molar-refractivity contribution is 1.38. The second-order valence-electron chi connectivity index (χ2n) is 2.67. The molecule has 0 amide bonds. The Morgan fingerprint density at radius 3 is 2.93 bits per heavy atom. The molecule has 68 valence electrons. The zero-order valence-electron chi connectivity index (χ0n) is 7.05. The van der Waals surface area contributed by atoms with Crippen LogP contribution in [-0.4, -0.2) is 4.98 Å². The number of rotatable bonds is 1. The molecular weight excluding hydrogens is 200 g/mol. The van der Waals surface area contributed by atoms with E-state index in [9.17, 15) is 0 Å². The summed E-state index contributed by atoms with van der Waals surface area (Å²) in [5.41, 5.74) is 9.59. The molecule has 0 radical (unpaired) electrons. The second kappa shape index (κ2) is 3.54. The fraction of sp³-hybridized carbons (Fsp3) is 0. The van der Waals surface area contributed by atoms with Crippen molar-refractivity contribution in [1.29, 1.82) is 0 Å². The van der Waals surface area contributed by atoms with Crippen LogP contribution in [0.15, 0.2) is 35.4 Å². The zero-order chi connectivity index (χ0) is 9.97. The van der Waals surface area contributed by atoms with Gasteiger partial charge in [-0.2, -0.15) is 0 Å². The van der Waals surface area contributed by atoms with Crippen molar-refractivity contribution in [2.24, 2.45) is 5.11 Å². The van der Waals surface area contributed by atoms with Gasteiger partial charge in [0.25, 0.3) is 0 Å². The predicted molar refractivity (Wildman–Crippen MR) is 55.6 cm³/mol. The summed E-state index contributed by atoms with van der Waals surface area (Å²) in [6.07, 6.45) is 0. The van der Waals surface area contributed by atoms with E-state index in [4.69, 9.17) is 17.1 Å². The summed E-state index contributed by atoms with van der Waals surface area (Å²) in [6.45, 7) is 0. The molecule has 5 heteroatoms. The number of hydrogen-bond donors (Lipinski definition) is 0. The van der Waals surface area contributed by atoms with Gasteiger partial charge in [-0.3, -0.25) is 0 Å². The quantitative estimate of drug-likeness (QED) is 0.301. The van der Waals surface area contributed by atoms with Gasteiger partial charge >= 0.3 is 0 Å². The first-order valence-electron chi connectivity index (χ1n) is 3.91. The first-order chi connectivity index (χ1) is 6.81. The number of para-hydroxylation sites is 1. The van der Waals surface area contributed by atoms with Crippen molar-refractivity contribution in [1.82, 2.24) is 4.98 Å². The van der Waals surface area contributed by atoms with E-state index in [2.05, 4.69) is 15.0 Å². The van der Waals surface area contributed by atoms with Crippen molar-refractivity contribution in [3.05, 3.63) is 45.9 Å². The van der Waals surface area contributed by atoms with Crippen LogP contribution in [0.3, 0.4) is 0 Å². The number of azide groups is 1. The molecule has 0 aliphatic rings. The topological polar surface area (TPSA) is 61.7 Å². The minimum atomic E-state index is 0.325. The lowest BCUT2D eigenvalue weighted by atomic mass is 10.2. The third kappa shape index (κ3) is 1.48. The summed E-state index contributed by atoms with van der Waals surface area (Å²) in [5, 5.41) is 4.68. The van der Waals surface area contributed by atoms with Gasteiger partial charge in [0.15, 0.2) is 0 Å². The van der Waals surface area contributed by atoms with Crippen molar-refractivity contribution in [2.75, 3.05) is 0 Å². The van der Waals surface area contributed by atoms with E-state index >= 15 is 0 Å². The Morgan fingerprint density at radius 2 is 2.14 bits per heavy atom. The Labute approximate surface area is 84.8 Å². The van der Waals surface area contributed by atoms with Gasteiger partial charge in [-0.1, -0.05) is 34.9 Å². The summed E-state index contributed by atoms with van der Waals surface area (Å²) in [7, 11) is 0. The van der Waals surface area contributed by atoms with E-state index in [-0.39, 0.29) is 0 Å². The molecule has 0 aliphatic carbocycles. The first-order valence-corrected chi connectivity index (χ1v) is 4.29. The van der Waals surface area contributed by atoms with E-state index in [1.807, 2.05) is 24.3 Å². The van der Waals surface area contributed by atoms with Crippen LogP contribution in [0.5, 0.6) is 0 Å². The van der Waals surface area contributed by atoms with Gasteiger partial charge in [0.05, 0.1) is 5.52 Å². The molecule has 0 saturated heterocycles.